The van der Waals surface area contributed by atoms with E-state index in [0.29, 0.717) is 73.8 Å². The van der Waals surface area contributed by atoms with Crippen molar-refractivity contribution in [1.29, 1.82) is 0 Å². The summed E-state index contributed by atoms with van der Waals surface area (Å²) in [5.74, 6) is -0.610. The number of rotatable bonds is 37. The number of hydrogen-bond acceptors (Lipinski definition) is 11. The van der Waals surface area contributed by atoms with E-state index in [1.165, 1.54) is 51.4 Å². The van der Waals surface area contributed by atoms with Crippen molar-refractivity contribution >= 4 is 34.5 Å². The molecule has 0 aromatic rings. The average molecular weight is 1030 g/mol. The van der Waals surface area contributed by atoms with Gasteiger partial charge in [-0.2, -0.15) is 0 Å². The van der Waals surface area contributed by atoms with Crippen molar-refractivity contribution in [3.63, 3.8) is 0 Å². The van der Waals surface area contributed by atoms with Crippen LogP contribution in [-0.4, -0.2) is 95.9 Å². The summed E-state index contributed by atoms with van der Waals surface area (Å²) in [6.07, 6.45) is 29.1. The molecule has 0 saturated carbocycles. The molecule has 0 aliphatic carbocycles. The number of unbranched alkanes of at least 4 members (excludes halogenated alkanes) is 12. The van der Waals surface area contributed by atoms with E-state index >= 15 is 0 Å². The number of esters is 2. The highest BCUT2D eigenvalue weighted by Crippen LogP contribution is 2.45. The van der Waals surface area contributed by atoms with Crippen LogP contribution in [0.5, 0.6) is 0 Å². The monoisotopic (exact) mass is 1030 g/mol. The number of carbonyl (C=O) groups excluding carboxylic acids is 2. The van der Waals surface area contributed by atoms with Crippen molar-refractivity contribution in [2.75, 3.05) is 26.4 Å². The van der Waals surface area contributed by atoms with Gasteiger partial charge < -0.3 is 38.4 Å². The Morgan fingerprint density at radius 3 is 1.93 bits per heavy atom. The largest absolute Gasteiger partial charge is 0.462 e. The molecule has 4 atom stereocenters. The minimum absolute atomic E-state index is 0.0195. The quantitative estimate of drug-likeness (QED) is 0.0278. The van der Waals surface area contributed by atoms with Gasteiger partial charge >= 0.3 is 11.9 Å². The average Bonchev–Trinajstić information content (AvgIpc) is 3.94. The van der Waals surface area contributed by atoms with Gasteiger partial charge in [0.2, 0.25) is 8.32 Å². The SMILES string of the molecule is C=CCOC(=O)CCCCCCCCCCCCCCCOC(=O)C1=C(CCC[C@@H](C)O[Si](C)(C)C(C)(C)C)N=C(N)N2[C@H](CC3(CCC=C[C@H](CC)O[Si](C(C)C)(C(C)C)C(C)C)OCCO3)CC[C@@H]12. The molecule has 71 heavy (non-hydrogen) atoms. The van der Waals surface area contributed by atoms with Crippen LogP contribution in [0.1, 0.15) is 224 Å². The molecule has 0 aromatic heterocycles. The maximum absolute atomic E-state index is 14.3. The minimum atomic E-state index is -2.01. The highest BCUT2D eigenvalue weighted by Gasteiger charge is 2.49. The van der Waals surface area contributed by atoms with Crippen molar-refractivity contribution < 1.29 is 37.4 Å². The van der Waals surface area contributed by atoms with Gasteiger partial charge in [-0.15, -0.1) is 0 Å². The first kappa shape index (κ1) is 63.0. The molecule has 0 aromatic carbocycles. The van der Waals surface area contributed by atoms with Gasteiger partial charge in [0.05, 0.1) is 43.2 Å². The Bertz CT molecular complexity index is 1640. The maximum atomic E-state index is 14.3. The van der Waals surface area contributed by atoms with Gasteiger partial charge in [0, 0.05) is 31.4 Å². The fourth-order valence-electron chi connectivity index (χ4n) is 11.4. The van der Waals surface area contributed by atoms with Gasteiger partial charge in [-0.25, -0.2) is 9.79 Å². The van der Waals surface area contributed by atoms with E-state index < -0.39 is 22.4 Å². The van der Waals surface area contributed by atoms with E-state index in [1.54, 1.807) is 6.08 Å². The van der Waals surface area contributed by atoms with E-state index in [2.05, 4.69) is 113 Å². The van der Waals surface area contributed by atoms with Crippen LogP contribution in [0.3, 0.4) is 0 Å². The van der Waals surface area contributed by atoms with Crippen molar-refractivity contribution in [2.24, 2.45) is 10.7 Å². The van der Waals surface area contributed by atoms with Gasteiger partial charge in [0.15, 0.2) is 20.1 Å². The molecule has 3 rings (SSSR count). The number of nitrogens with two attached hydrogens (primary N) is 1. The first-order valence-electron chi connectivity index (χ1n) is 28.7. The Hall–Kier alpha value is -2.30. The zero-order chi connectivity index (χ0) is 52.7. The van der Waals surface area contributed by atoms with Crippen LogP contribution < -0.4 is 5.73 Å². The fourth-order valence-corrected chi connectivity index (χ4v) is 18.4. The van der Waals surface area contributed by atoms with Gasteiger partial charge in [-0.1, -0.05) is 165 Å². The predicted octanol–water partition coefficient (Wildman–Crippen LogP) is 15.2. The Kier molecular flexibility index (Phi) is 28.0. The number of hydrogen-bond donors (Lipinski definition) is 1. The van der Waals surface area contributed by atoms with Gasteiger partial charge in [0.25, 0.3) is 0 Å². The molecule has 2 fully saturated rings. The number of allylic oxidation sites excluding steroid dienone is 2. The molecular formula is C58H107N3O8Si2. The third kappa shape index (κ3) is 20.1. The van der Waals surface area contributed by atoms with Crippen LogP contribution in [-0.2, 0) is 37.4 Å². The lowest BCUT2D eigenvalue weighted by Crippen LogP contribution is -2.52. The van der Waals surface area contributed by atoms with E-state index in [4.69, 9.17) is 38.5 Å². The first-order valence-corrected chi connectivity index (χ1v) is 33.8. The second-order valence-corrected chi connectivity index (χ2v) is 33.8. The number of nitrogens with zero attached hydrogens (tertiary/aromatic N) is 2. The normalized spacial score (nSPS) is 19.5. The third-order valence-corrected chi connectivity index (χ3v) is 26.9. The van der Waals surface area contributed by atoms with Gasteiger partial charge in [0.1, 0.15) is 6.61 Å². The van der Waals surface area contributed by atoms with Gasteiger partial charge in [-0.05, 0) is 99.5 Å². The second-order valence-electron chi connectivity index (χ2n) is 23.7. The molecule has 0 radical (unpaired) electrons. The molecule has 11 nitrogen and oxygen atoms in total. The Balaban J connectivity index is 1.58. The third-order valence-electron chi connectivity index (χ3n) is 16.2. The highest BCUT2D eigenvalue weighted by atomic mass is 28.4. The number of aliphatic imine (C=N–C) groups is 1. The lowest BCUT2D eigenvalue weighted by Gasteiger charge is -2.44. The summed E-state index contributed by atoms with van der Waals surface area (Å²) in [6, 6.07) is -0.168. The topological polar surface area (TPSA) is 131 Å². The van der Waals surface area contributed by atoms with Crippen molar-refractivity contribution in [2.45, 2.75) is 289 Å². The van der Waals surface area contributed by atoms with Crippen molar-refractivity contribution in [3.05, 3.63) is 36.1 Å². The molecule has 0 unspecified atom stereocenters. The van der Waals surface area contributed by atoms with Gasteiger partial charge in [-0.3, -0.25) is 4.79 Å². The Morgan fingerprint density at radius 2 is 1.39 bits per heavy atom. The zero-order valence-corrected chi connectivity index (χ0v) is 49.8. The summed E-state index contributed by atoms with van der Waals surface area (Å²) < 4.78 is 38.0. The Morgan fingerprint density at radius 1 is 0.831 bits per heavy atom. The fraction of sp³-hybridized carbons (Fsp3) is 0.845. The number of fused-ring (bicyclic) bond motifs is 1. The number of ether oxygens (including phenoxy) is 4. The molecule has 2 saturated heterocycles. The molecule has 0 amide bonds. The minimum Gasteiger partial charge on any atom is -0.462 e. The maximum Gasteiger partial charge on any atom is 0.337 e. The molecule has 0 spiro atoms. The molecule has 13 heteroatoms. The number of guanidine groups is 1. The van der Waals surface area contributed by atoms with E-state index in [9.17, 15) is 9.59 Å². The number of carbonyl (C=O) groups is 2. The Labute approximate surface area is 436 Å². The smallest absolute Gasteiger partial charge is 0.337 e. The molecule has 410 valence electrons. The molecular weight excluding hydrogens is 923 g/mol. The molecule has 0 bridgehead atoms. The van der Waals surface area contributed by atoms with Crippen LogP contribution >= 0.6 is 0 Å². The lowest BCUT2D eigenvalue weighted by molar-refractivity contribution is -0.173. The van der Waals surface area contributed by atoms with Crippen LogP contribution in [0, 0.1) is 0 Å². The summed E-state index contributed by atoms with van der Waals surface area (Å²) in [6.45, 7) is 35.4. The standard InChI is InChI=1S/C58H107N3O8Si2/c1-15-40-64-53(62)36-28-26-24-22-20-18-17-19-21-23-25-27-31-41-65-55(63)54-51(35-32-33-48(9)68-70(13,14)57(10,11)12)60-56(59)61-49(37-38-52(54)61)44-58(66-42-43-67-58)39-30-29-34-50(16-2)69-71(45(3)4,46(5)6)47(7)8/h15,29,34,45-50,52H,1,16-28,30-33,35-44H2,2-14H3,(H2,59,60)/t48-,49+,50+,52+/m1/s1. The lowest BCUT2D eigenvalue weighted by atomic mass is 9.98. The molecule has 3 aliphatic rings. The molecule has 3 aliphatic heterocycles. The van der Waals surface area contributed by atoms with Crippen LogP contribution in [0.15, 0.2) is 41.1 Å². The highest BCUT2D eigenvalue weighted by molar-refractivity contribution is 6.77. The zero-order valence-electron chi connectivity index (χ0n) is 47.8. The summed E-state index contributed by atoms with van der Waals surface area (Å²) in [7, 11) is -3.93. The molecule has 2 N–H and O–H groups in total. The second kappa shape index (κ2) is 31.6. The summed E-state index contributed by atoms with van der Waals surface area (Å²) >= 11 is 0. The summed E-state index contributed by atoms with van der Waals surface area (Å²) in [5, 5.41) is 0.138. The van der Waals surface area contributed by atoms with E-state index in [-0.39, 0.29) is 41.3 Å². The van der Waals surface area contributed by atoms with Crippen molar-refractivity contribution in [3.8, 4) is 0 Å². The molecule has 3 heterocycles. The van der Waals surface area contributed by atoms with Crippen molar-refractivity contribution in [1.82, 2.24) is 4.90 Å². The van der Waals surface area contributed by atoms with Crippen LogP contribution in [0.4, 0.5) is 0 Å². The van der Waals surface area contributed by atoms with Crippen LogP contribution in [0.2, 0.25) is 34.8 Å². The first-order chi connectivity index (χ1) is 33.6. The summed E-state index contributed by atoms with van der Waals surface area (Å²) in [5.41, 5.74) is 10.00. The van der Waals surface area contributed by atoms with Crippen LogP contribution in [0.25, 0.3) is 0 Å². The van der Waals surface area contributed by atoms with E-state index in [0.717, 1.165) is 82.7 Å². The summed E-state index contributed by atoms with van der Waals surface area (Å²) in [4.78, 5) is 33.1. The predicted molar refractivity (Wildman–Crippen MR) is 299 cm³/mol. The van der Waals surface area contributed by atoms with E-state index in [1.807, 2.05) is 0 Å².